The molecule has 0 bridgehead atoms. The van der Waals surface area contributed by atoms with E-state index >= 15 is 0 Å². The normalized spacial score (nSPS) is 17.6. The molecule has 0 amide bonds. The summed E-state index contributed by atoms with van der Waals surface area (Å²) in [6.07, 6.45) is 4.74. The number of pyridine rings is 1. The molecular weight excluding hydrogens is 212 g/mol. The Kier molecular flexibility index (Phi) is 2.25. The van der Waals surface area contributed by atoms with E-state index in [4.69, 9.17) is 10.5 Å². The fourth-order valence-corrected chi connectivity index (χ4v) is 2.24. The molecule has 1 aliphatic rings. The lowest BCUT2D eigenvalue weighted by molar-refractivity contribution is 0.254. The summed E-state index contributed by atoms with van der Waals surface area (Å²) in [5.74, 6) is 0.990. The molecule has 0 saturated heterocycles. The molecule has 1 aliphatic heterocycles. The number of fused-ring (bicyclic) bond motifs is 1. The van der Waals surface area contributed by atoms with Gasteiger partial charge in [0.1, 0.15) is 11.9 Å². The van der Waals surface area contributed by atoms with Crippen molar-refractivity contribution < 1.29 is 4.74 Å². The molecule has 2 heterocycles. The number of ether oxygens (including phenoxy) is 1. The van der Waals surface area contributed by atoms with Crippen LogP contribution in [0.2, 0.25) is 0 Å². The molecule has 3 heteroatoms. The molecule has 0 fully saturated rings. The Morgan fingerprint density at radius 3 is 3.06 bits per heavy atom. The van der Waals surface area contributed by atoms with Crippen LogP contribution in [-0.4, -0.2) is 11.1 Å². The Balaban J connectivity index is 2.07. The quantitative estimate of drug-likeness (QED) is 0.813. The van der Waals surface area contributed by atoms with Crippen molar-refractivity contribution in [3.63, 3.8) is 0 Å². The molecule has 86 valence electrons. The maximum Gasteiger partial charge on any atom is 0.123 e. The van der Waals surface area contributed by atoms with Gasteiger partial charge in [0.05, 0.1) is 0 Å². The van der Waals surface area contributed by atoms with Gasteiger partial charge >= 0.3 is 0 Å². The van der Waals surface area contributed by atoms with E-state index in [2.05, 4.69) is 18.0 Å². The summed E-state index contributed by atoms with van der Waals surface area (Å²) in [6.45, 7) is 2.08. The smallest absolute Gasteiger partial charge is 0.123 e. The van der Waals surface area contributed by atoms with Gasteiger partial charge in [-0.1, -0.05) is 6.07 Å². The number of aromatic nitrogens is 1. The zero-order valence-electron chi connectivity index (χ0n) is 9.68. The fourth-order valence-electron chi connectivity index (χ4n) is 2.24. The fraction of sp³-hybridized carbons (Fsp3) is 0.214. The summed E-state index contributed by atoms with van der Waals surface area (Å²) < 4.78 is 5.68. The van der Waals surface area contributed by atoms with Crippen LogP contribution in [0.3, 0.4) is 0 Å². The maximum atomic E-state index is 5.95. The van der Waals surface area contributed by atoms with Crippen molar-refractivity contribution in [3.05, 3.63) is 42.2 Å². The average Bonchev–Trinajstić information content (AvgIpc) is 2.68. The highest BCUT2D eigenvalue weighted by Gasteiger charge is 2.19. The molecule has 0 radical (unpaired) electrons. The minimum absolute atomic E-state index is 0.270. The van der Waals surface area contributed by atoms with Crippen molar-refractivity contribution in [2.45, 2.75) is 19.4 Å². The molecular formula is C14H14N2O. The summed E-state index contributed by atoms with van der Waals surface area (Å²) in [6, 6.07) is 8.01. The zero-order chi connectivity index (χ0) is 11.8. The Morgan fingerprint density at radius 2 is 2.24 bits per heavy atom. The van der Waals surface area contributed by atoms with Crippen LogP contribution in [-0.2, 0) is 6.42 Å². The highest BCUT2D eigenvalue weighted by Crippen LogP contribution is 2.34. The van der Waals surface area contributed by atoms with E-state index in [1.54, 1.807) is 12.4 Å². The molecule has 2 N–H and O–H groups in total. The van der Waals surface area contributed by atoms with E-state index in [-0.39, 0.29) is 6.10 Å². The van der Waals surface area contributed by atoms with Crippen molar-refractivity contribution in [2.75, 3.05) is 5.73 Å². The number of nitrogens with two attached hydrogens (primary N) is 1. The molecule has 2 aromatic rings. The van der Waals surface area contributed by atoms with Crippen molar-refractivity contribution in [1.29, 1.82) is 0 Å². The summed E-state index contributed by atoms with van der Waals surface area (Å²) in [5, 5.41) is 0. The summed E-state index contributed by atoms with van der Waals surface area (Å²) in [5.41, 5.74) is 10.0. The summed E-state index contributed by atoms with van der Waals surface area (Å²) >= 11 is 0. The molecule has 3 nitrogen and oxygen atoms in total. The number of nitrogens with zero attached hydrogens (tertiary/aromatic N) is 1. The second-order valence-electron chi connectivity index (χ2n) is 4.42. The lowest BCUT2D eigenvalue weighted by Gasteiger charge is -2.06. The second kappa shape index (κ2) is 3.77. The minimum atomic E-state index is 0.270. The van der Waals surface area contributed by atoms with Gasteiger partial charge in [0.15, 0.2) is 0 Å². The highest BCUT2D eigenvalue weighted by molar-refractivity contribution is 5.76. The number of rotatable bonds is 1. The number of hydrogen-bond acceptors (Lipinski definition) is 3. The van der Waals surface area contributed by atoms with Crippen LogP contribution < -0.4 is 10.5 Å². The van der Waals surface area contributed by atoms with Gasteiger partial charge in [-0.15, -0.1) is 0 Å². The summed E-state index contributed by atoms with van der Waals surface area (Å²) in [4.78, 5) is 4.12. The van der Waals surface area contributed by atoms with Gasteiger partial charge in [-0.25, -0.2) is 0 Å². The molecule has 17 heavy (non-hydrogen) atoms. The number of hydrogen-bond donors (Lipinski definition) is 1. The van der Waals surface area contributed by atoms with Crippen molar-refractivity contribution >= 4 is 5.69 Å². The predicted molar refractivity (Wildman–Crippen MR) is 67.9 cm³/mol. The Bertz CT molecular complexity index is 566. The second-order valence-corrected chi connectivity index (χ2v) is 4.42. The van der Waals surface area contributed by atoms with Crippen LogP contribution >= 0.6 is 0 Å². The van der Waals surface area contributed by atoms with Gasteiger partial charge in [-0.3, -0.25) is 4.98 Å². The highest BCUT2D eigenvalue weighted by atomic mass is 16.5. The van der Waals surface area contributed by atoms with Gasteiger partial charge in [-0.2, -0.15) is 0 Å². The van der Waals surface area contributed by atoms with Crippen LogP contribution in [0.1, 0.15) is 12.5 Å². The van der Waals surface area contributed by atoms with E-state index in [9.17, 15) is 0 Å². The molecule has 1 atom stereocenters. The topological polar surface area (TPSA) is 48.1 Å². The zero-order valence-corrected chi connectivity index (χ0v) is 9.68. The van der Waals surface area contributed by atoms with Crippen molar-refractivity contribution in [3.8, 4) is 16.9 Å². The molecule has 1 aromatic heterocycles. The molecule has 0 saturated carbocycles. The van der Waals surface area contributed by atoms with Crippen molar-refractivity contribution in [2.24, 2.45) is 0 Å². The molecule has 1 unspecified atom stereocenters. The minimum Gasteiger partial charge on any atom is -0.490 e. The first-order chi connectivity index (χ1) is 8.24. The van der Waals surface area contributed by atoms with Gasteiger partial charge < -0.3 is 10.5 Å². The number of benzene rings is 1. The first-order valence-corrected chi connectivity index (χ1v) is 5.73. The number of anilines is 1. The molecule has 1 aromatic carbocycles. The van der Waals surface area contributed by atoms with E-state index in [0.29, 0.717) is 0 Å². The lowest BCUT2D eigenvalue weighted by atomic mass is 10.0. The average molecular weight is 226 g/mol. The molecule has 3 rings (SSSR count). The van der Waals surface area contributed by atoms with Gasteiger partial charge in [0, 0.05) is 30.1 Å². The molecule has 0 aliphatic carbocycles. The lowest BCUT2D eigenvalue weighted by Crippen LogP contribution is -2.05. The first-order valence-electron chi connectivity index (χ1n) is 5.73. The van der Waals surface area contributed by atoms with Crippen molar-refractivity contribution in [1.82, 2.24) is 4.98 Å². The monoisotopic (exact) mass is 226 g/mol. The van der Waals surface area contributed by atoms with Crippen LogP contribution in [0.25, 0.3) is 11.1 Å². The van der Waals surface area contributed by atoms with Crippen LogP contribution in [0.4, 0.5) is 5.69 Å². The van der Waals surface area contributed by atoms with Gasteiger partial charge in [-0.05, 0) is 36.2 Å². The van der Waals surface area contributed by atoms with E-state index < -0.39 is 0 Å². The Morgan fingerprint density at radius 1 is 1.35 bits per heavy atom. The van der Waals surface area contributed by atoms with E-state index in [0.717, 1.165) is 29.0 Å². The largest absolute Gasteiger partial charge is 0.490 e. The molecule has 0 spiro atoms. The third-order valence-electron chi connectivity index (χ3n) is 3.06. The Hall–Kier alpha value is -2.03. The number of nitrogen functional groups attached to an aromatic ring is 1. The SMILES string of the molecule is CC1Cc2cc(-c3cnccc3N)ccc2O1. The Labute approximate surface area is 100 Å². The summed E-state index contributed by atoms with van der Waals surface area (Å²) in [7, 11) is 0. The van der Waals surface area contributed by atoms with Gasteiger partial charge in [0.2, 0.25) is 0 Å². The van der Waals surface area contributed by atoms with E-state index in [1.165, 1.54) is 5.56 Å². The van der Waals surface area contributed by atoms with Gasteiger partial charge in [0.25, 0.3) is 0 Å². The van der Waals surface area contributed by atoms with E-state index in [1.807, 2.05) is 18.2 Å². The first kappa shape index (κ1) is 10.1. The predicted octanol–water partition coefficient (Wildman–Crippen LogP) is 2.65. The third-order valence-corrected chi connectivity index (χ3v) is 3.06. The van der Waals surface area contributed by atoms with Crippen LogP contribution in [0, 0.1) is 0 Å². The maximum absolute atomic E-state index is 5.95. The van der Waals surface area contributed by atoms with Crippen LogP contribution in [0.15, 0.2) is 36.7 Å². The third kappa shape index (κ3) is 1.73. The van der Waals surface area contributed by atoms with Crippen LogP contribution in [0.5, 0.6) is 5.75 Å². The standard InChI is InChI=1S/C14H14N2O/c1-9-6-11-7-10(2-3-14(11)17-9)12-8-16-5-4-13(12)15/h2-5,7-9H,6H2,1H3,(H2,15,16).